The van der Waals surface area contributed by atoms with Gasteiger partial charge in [0.15, 0.2) is 0 Å². The van der Waals surface area contributed by atoms with Crippen LogP contribution in [-0.2, 0) is 28.0 Å². The van der Waals surface area contributed by atoms with Crippen LogP contribution in [0.15, 0.2) is 84.9 Å². The zero-order chi connectivity index (χ0) is 24.0. The zero-order valence-corrected chi connectivity index (χ0v) is 19.6. The van der Waals surface area contributed by atoms with Gasteiger partial charge in [0.05, 0.1) is 5.41 Å². The molecule has 1 aliphatic heterocycles. The molecule has 4 nitrogen and oxygen atoms in total. The second kappa shape index (κ2) is 10.6. The molecule has 1 aliphatic rings. The molecule has 0 spiro atoms. The highest BCUT2D eigenvalue weighted by molar-refractivity contribution is 5.89. The number of hydrogen-bond acceptors (Lipinski definition) is 2. The molecule has 1 saturated heterocycles. The quantitative estimate of drug-likeness (QED) is 0.501. The van der Waals surface area contributed by atoms with Crippen molar-refractivity contribution in [3.63, 3.8) is 0 Å². The lowest BCUT2D eigenvalue weighted by Crippen LogP contribution is -2.53. The van der Waals surface area contributed by atoms with Crippen LogP contribution in [0, 0.1) is 5.82 Å². The molecule has 2 amide bonds. The van der Waals surface area contributed by atoms with Gasteiger partial charge in [0.1, 0.15) is 5.82 Å². The van der Waals surface area contributed by atoms with Gasteiger partial charge in [0, 0.05) is 33.1 Å². The zero-order valence-electron chi connectivity index (χ0n) is 19.6. The predicted octanol–water partition coefficient (Wildman–Crippen LogP) is 4.98. The Bertz CT molecular complexity index is 1090. The van der Waals surface area contributed by atoms with Gasteiger partial charge in [0.2, 0.25) is 11.8 Å². The van der Waals surface area contributed by atoms with E-state index in [0.29, 0.717) is 45.3 Å². The van der Waals surface area contributed by atoms with E-state index in [1.807, 2.05) is 77.5 Å². The minimum absolute atomic E-state index is 0.0797. The molecule has 34 heavy (non-hydrogen) atoms. The fourth-order valence-corrected chi connectivity index (χ4v) is 4.88. The number of aryl methyl sites for hydroxylation is 1. The van der Waals surface area contributed by atoms with Crippen molar-refractivity contribution in [2.75, 3.05) is 20.1 Å². The summed E-state index contributed by atoms with van der Waals surface area (Å²) >= 11 is 0. The number of carbonyl (C=O) groups excluding carboxylic acids is 2. The van der Waals surface area contributed by atoms with E-state index in [2.05, 4.69) is 0 Å². The molecule has 0 atom stereocenters. The topological polar surface area (TPSA) is 40.6 Å². The average Bonchev–Trinajstić information content (AvgIpc) is 2.89. The van der Waals surface area contributed by atoms with Gasteiger partial charge in [-0.2, -0.15) is 0 Å². The third kappa shape index (κ3) is 5.36. The molecule has 0 aliphatic carbocycles. The molecular weight excluding hydrogens is 427 g/mol. The van der Waals surface area contributed by atoms with Crippen LogP contribution in [0.4, 0.5) is 4.39 Å². The normalized spacial score (nSPS) is 15.1. The van der Waals surface area contributed by atoms with E-state index in [4.69, 9.17) is 0 Å². The van der Waals surface area contributed by atoms with Crippen LogP contribution in [0.3, 0.4) is 0 Å². The van der Waals surface area contributed by atoms with Crippen LogP contribution in [0.25, 0.3) is 0 Å². The summed E-state index contributed by atoms with van der Waals surface area (Å²) in [5.74, 6) is -0.0951. The molecule has 0 bridgehead atoms. The Kier molecular flexibility index (Phi) is 7.41. The Morgan fingerprint density at radius 2 is 1.44 bits per heavy atom. The third-order valence-electron chi connectivity index (χ3n) is 6.86. The summed E-state index contributed by atoms with van der Waals surface area (Å²) in [5, 5.41) is 0. The van der Waals surface area contributed by atoms with Gasteiger partial charge < -0.3 is 9.80 Å². The summed E-state index contributed by atoms with van der Waals surface area (Å²) in [4.78, 5) is 30.4. The summed E-state index contributed by atoms with van der Waals surface area (Å²) < 4.78 is 13.1. The van der Waals surface area contributed by atoms with Gasteiger partial charge in [-0.1, -0.05) is 72.8 Å². The lowest BCUT2D eigenvalue weighted by atomic mass is 9.71. The van der Waals surface area contributed by atoms with Crippen molar-refractivity contribution >= 4 is 11.8 Å². The van der Waals surface area contributed by atoms with Crippen LogP contribution in [0.5, 0.6) is 0 Å². The first-order chi connectivity index (χ1) is 16.5. The number of hydrogen-bond donors (Lipinski definition) is 0. The van der Waals surface area contributed by atoms with Crippen LogP contribution in [0.2, 0.25) is 0 Å². The largest absolute Gasteiger partial charge is 0.343 e. The summed E-state index contributed by atoms with van der Waals surface area (Å²) in [5.41, 5.74) is 2.41. The van der Waals surface area contributed by atoms with Gasteiger partial charge >= 0.3 is 0 Å². The Morgan fingerprint density at radius 3 is 2.06 bits per heavy atom. The smallest absolute Gasteiger partial charge is 0.233 e. The molecule has 1 heterocycles. The van der Waals surface area contributed by atoms with Gasteiger partial charge in [-0.25, -0.2) is 4.39 Å². The van der Waals surface area contributed by atoms with Crippen molar-refractivity contribution in [1.29, 1.82) is 0 Å². The molecule has 5 heteroatoms. The molecule has 1 fully saturated rings. The fourth-order valence-electron chi connectivity index (χ4n) is 4.88. The molecule has 0 aromatic heterocycles. The van der Waals surface area contributed by atoms with Gasteiger partial charge in [-0.3, -0.25) is 9.59 Å². The van der Waals surface area contributed by atoms with Crippen molar-refractivity contribution < 1.29 is 14.0 Å². The Morgan fingerprint density at radius 1 is 0.853 bits per heavy atom. The number of amides is 2. The highest BCUT2D eigenvalue weighted by Gasteiger charge is 2.44. The molecule has 176 valence electrons. The van der Waals surface area contributed by atoms with Crippen molar-refractivity contribution in [3.8, 4) is 0 Å². The maximum atomic E-state index is 13.8. The summed E-state index contributed by atoms with van der Waals surface area (Å²) in [6, 6.07) is 26.3. The van der Waals surface area contributed by atoms with Crippen LogP contribution < -0.4 is 0 Å². The van der Waals surface area contributed by atoms with Gasteiger partial charge in [-0.15, -0.1) is 0 Å². The number of likely N-dealkylation sites (N-methyl/N-ethyl adjacent to an activating group) is 1. The first-order valence-electron chi connectivity index (χ1n) is 11.9. The van der Waals surface area contributed by atoms with E-state index in [1.165, 1.54) is 12.1 Å². The lowest BCUT2D eigenvalue weighted by molar-refractivity contribution is -0.142. The first kappa shape index (κ1) is 23.7. The molecule has 0 saturated carbocycles. The highest BCUT2D eigenvalue weighted by atomic mass is 19.1. The van der Waals surface area contributed by atoms with E-state index in [1.54, 1.807) is 12.1 Å². The second-order valence-corrected chi connectivity index (χ2v) is 9.10. The number of halogens is 1. The van der Waals surface area contributed by atoms with E-state index in [-0.39, 0.29) is 17.6 Å². The van der Waals surface area contributed by atoms with Crippen LogP contribution in [0.1, 0.15) is 36.0 Å². The Labute approximate surface area is 201 Å². The summed E-state index contributed by atoms with van der Waals surface area (Å²) in [7, 11) is 1.86. The second-order valence-electron chi connectivity index (χ2n) is 9.10. The Hall–Kier alpha value is -3.47. The standard InChI is InChI=1S/C29H31FN2O2/c1-31(22-24-8-4-2-5-9-24)28(34)29(25-10-6-3-7-11-25)18-20-32(21-19-29)27(33)17-14-23-12-15-26(30)16-13-23/h2-13,15-16H,14,17-22H2,1H3. The number of benzene rings is 3. The maximum absolute atomic E-state index is 13.8. The number of likely N-dealkylation sites (tertiary alicyclic amines) is 1. The van der Waals surface area contributed by atoms with E-state index < -0.39 is 5.41 Å². The van der Waals surface area contributed by atoms with E-state index in [9.17, 15) is 14.0 Å². The molecule has 0 unspecified atom stereocenters. The minimum Gasteiger partial charge on any atom is -0.343 e. The minimum atomic E-state index is -0.640. The number of nitrogens with zero attached hydrogens (tertiary/aromatic N) is 2. The van der Waals surface area contributed by atoms with Gasteiger partial charge in [0.25, 0.3) is 0 Å². The average molecular weight is 459 g/mol. The van der Waals surface area contributed by atoms with Crippen molar-refractivity contribution in [2.24, 2.45) is 0 Å². The number of carbonyl (C=O) groups is 2. The summed E-state index contributed by atoms with van der Waals surface area (Å²) in [6.07, 6.45) is 2.15. The molecule has 3 aromatic rings. The predicted molar refractivity (Wildman–Crippen MR) is 132 cm³/mol. The summed E-state index contributed by atoms with van der Waals surface area (Å²) in [6.45, 7) is 1.64. The van der Waals surface area contributed by atoms with E-state index in [0.717, 1.165) is 16.7 Å². The lowest BCUT2D eigenvalue weighted by Gasteiger charge is -2.43. The van der Waals surface area contributed by atoms with Crippen molar-refractivity contribution in [3.05, 3.63) is 107 Å². The molecule has 0 N–H and O–H groups in total. The van der Waals surface area contributed by atoms with Crippen LogP contribution >= 0.6 is 0 Å². The maximum Gasteiger partial charge on any atom is 0.233 e. The van der Waals surface area contributed by atoms with Crippen molar-refractivity contribution in [1.82, 2.24) is 9.80 Å². The first-order valence-corrected chi connectivity index (χ1v) is 11.9. The third-order valence-corrected chi connectivity index (χ3v) is 6.86. The number of rotatable bonds is 7. The van der Waals surface area contributed by atoms with Crippen molar-refractivity contribution in [2.45, 2.75) is 37.6 Å². The Balaban J connectivity index is 1.45. The molecule has 0 radical (unpaired) electrons. The molecular formula is C29H31FN2O2. The van der Waals surface area contributed by atoms with E-state index >= 15 is 0 Å². The molecule has 3 aromatic carbocycles. The monoisotopic (exact) mass is 458 g/mol. The SMILES string of the molecule is CN(Cc1ccccc1)C(=O)C1(c2ccccc2)CCN(C(=O)CCc2ccc(F)cc2)CC1. The fraction of sp³-hybridized carbons (Fsp3) is 0.310. The highest BCUT2D eigenvalue weighted by Crippen LogP contribution is 2.38. The number of piperidine rings is 1. The molecule has 4 rings (SSSR count). The van der Waals surface area contributed by atoms with Gasteiger partial charge in [-0.05, 0) is 48.1 Å². The van der Waals surface area contributed by atoms with Crippen LogP contribution in [-0.4, -0.2) is 41.8 Å².